The first-order chi connectivity index (χ1) is 16.3. The van der Waals surface area contributed by atoms with Crippen molar-refractivity contribution in [1.82, 2.24) is 10.2 Å². The average Bonchev–Trinajstić information content (AvgIpc) is 2.82. The molecule has 2 amide bonds. The number of fused-ring (bicyclic) bond motifs is 1. The zero-order valence-corrected chi connectivity index (χ0v) is 20.8. The van der Waals surface area contributed by atoms with Crippen LogP contribution in [0.2, 0.25) is 10.0 Å². The van der Waals surface area contributed by atoms with E-state index in [1.54, 1.807) is 47.2 Å². The van der Waals surface area contributed by atoms with E-state index >= 15 is 0 Å². The van der Waals surface area contributed by atoms with E-state index in [1.807, 2.05) is 0 Å². The molecule has 8 nitrogen and oxygen atoms in total. The van der Waals surface area contributed by atoms with Crippen molar-refractivity contribution in [2.45, 2.75) is 29.5 Å². The van der Waals surface area contributed by atoms with Gasteiger partial charge in [0.1, 0.15) is 23.7 Å². The number of carboxylic acids is 1. The molecule has 0 spiro atoms. The van der Waals surface area contributed by atoms with Crippen LogP contribution in [-0.4, -0.2) is 55.8 Å². The zero-order valence-electron chi connectivity index (χ0n) is 17.6. The van der Waals surface area contributed by atoms with E-state index in [0.717, 1.165) is 0 Å². The number of halogens is 2. The number of hydrogen-bond donors (Lipinski definition) is 3. The Morgan fingerprint density at radius 1 is 1.26 bits per heavy atom. The maximum absolute atomic E-state index is 12.8. The van der Waals surface area contributed by atoms with Crippen molar-refractivity contribution in [3.05, 3.63) is 69.6 Å². The Kier molecular flexibility index (Phi) is 7.73. The number of aromatic nitrogens is 1. The van der Waals surface area contributed by atoms with Gasteiger partial charge in [-0.1, -0.05) is 29.3 Å². The molecular weight excluding hydrogens is 521 g/mol. The lowest BCUT2D eigenvalue weighted by atomic mass is 10.0. The Morgan fingerprint density at radius 3 is 2.79 bits per heavy atom. The molecule has 2 aliphatic rings. The molecule has 1 fully saturated rings. The summed E-state index contributed by atoms with van der Waals surface area (Å²) in [7, 11) is 0. The van der Waals surface area contributed by atoms with Gasteiger partial charge in [0.2, 0.25) is 11.6 Å². The molecule has 34 heavy (non-hydrogen) atoms. The number of carbonyl (C=O) groups is 3. The van der Waals surface area contributed by atoms with Gasteiger partial charge in [-0.15, -0.1) is 23.5 Å². The van der Waals surface area contributed by atoms with E-state index in [-0.39, 0.29) is 30.5 Å². The molecule has 0 saturated carbocycles. The summed E-state index contributed by atoms with van der Waals surface area (Å²) < 4.78 is 1.75. The average molecular weight is 541 g/mol. The van der Waals surface area contributed by atoms with Gasteiger partial charge in [0.05, 0.1) is 10.8 Å². The predicted octanol–water partition coefficient (Wildman–Crippen LogP) is 2.30. The van der Waals surface area contributed by atoms with Crippen LogP contribution in [0.15, 0.2) is 58.8 Å². The molecule has 0 radical (unpaired) electrons. The van der Waals surface area contributed by atoms with Crippen molar-refractivity contribution < 1.29 is 29.2 Å². The summed E-state index contributed by atoms with van der Waals surface area (Å²) in [6.07, 6.45) is 1.75. The lowest BCUT2D eigenvalue weighted by Gasteiger charge is -2.49. The van der Waals surface area contributed by atoms with E-state index < -0.39 is 23.3 Å². The second kappa shape index (κ2) is 10.6. The first-order valence-corrected chi connectivity index (χ1v) is 12.9. The minimum absolute atomic E-state index is 0.0304. The van der Waals surface area contributed by atoms with Crippen molar-refractivity contribution in [2.24, 2.45) is 0 Å². The number of amides is 2. The fraction of sp³-hybridized carbons (Fsp3) is 0.273. The number of hydrogen-bond acceptors (Lipinski definition) is 6. The molecule has 0 bridgehead atoms. The van der Waals surface area contributed by atoms with E-state index in [9.17, 15) is 24.6 Å². The van der Waals surface area contributed by atoms with E-state index in [4.69, 9.17) is 23.2 Å². The van der Waals surface area contributed by atoms with Crippen LogP contribution < -0.4 is 9.88 Å². The summed E-state index contributed by atoms with van der Waals surface area (Å²) in [5, 5.41) is 22.6. The Balaban J connectivity index is 1.44. The zero-order chi connectivity index (χ0) is 24.4. The summed E-state index contributed by atoms with van der Waals surface area (Å²) in [6.45, 7) is 0.0391. The number of β-lactam (4-membered cyclic amide) rings is 1. The number of aliphatic hydroxyl groups excluding tert-OH is 1. The molecule has 2 aromatic rings. The van der Waals surface area contributed by atoms with Crippen molar-refractivity contribution in [1.29, 1.82) is 0 Å². The second-order valence-electron chi connectivity index (χ2n) is 7.55. The van der Waals surface area contributed by atoms with E-state index in [2.05, 4.69) is 5.32 Å². The Bertz CT molecular complexity index is 1190. The number of aliphatic carboxylic acids is 1. The molecule has 3 heterocycles. The number of nitrogens with zero attached hydrogens (tertiary/aromatic N) is 2. The van der Waals surface area contributed by atoms with Crippen LogP contribution in [-0.2, 0) is 27.5 Å². The summed E-state index contributed by atoms with van der Waals surface area (Å²) in [5.41, 5.74) is 1.12. The molecule has 0 unspecified atom stereocenters. The third-order valence-electron chi connectivity index (χ3n) is 5.38. The number of pyridine rings is 1. The van der Waals surface area contributed by atoms with Crippen molar-refractivity contribution in [3.63, 3.8) is 0 Å². The Morgan fingerprint density at radius 2 is 2.06 bits per heavy atom. The van der Waals surface area contributed by atoms with Crippen LogP contribution in [0, 0.1) is 0 Å². The standard InChI is InChI=1S/C22H19Cl2N3O5S2/c23-13-4-5-15(24)16(7-13)33-11-17(29)25-18-20(30)27-19(22(31)32)12(10-34-21(18)27)8-26-6-2-1-3-14(26)9-28/h1-7,18,21,28H,8-11H2,(H-,25,29,31,32)/p+1/t18-,21-/m1/s1. The van der Waals surface area contributed by atoms with E-state index in [1.165, 1.54) is 28.4 Å². The highest BCUT2D eigenvalue weighted by Crippen LogP contribution is 2.40. The molecule has 3 N–H and O–H groups in total. The molecule has 0 aliphatic carbocycles. The Hall–Kier alpha value is -2.24. The highest BCUT2D eigenvalue weighted by atomic mass is 35.5. The predicted molar refractivity (Wildman–Crippen MR) is 129 cm³/mol. The van der Waals surface area contributed by atoms with E-state index in [0.29, 0.717) is 32.0 Å². The second-order valence-corrected chi connectivity index (χ2v) is 10.5. The molecule has 2 aliphatic heterocycles. The fourth-order valence-corrected chi connectivity index (χ4v) is 6.41. The smallest absolute Gasteiger partial charge is 0.352 e. The number of carbonyl (C=O) groups excluding carboxylic acids is 2. The number of thioether (sulfide) groups is 2. The monoisotopic (exact) mass is 540 g/mol. The minimum atomic E-state index is -1.20. The maximum Gasteiger partial charge on any atom is 0.352 e. The summed E-state index contributed by atoms with van der Waals surface area (Å²) in [5.74, 6) is -1.62. The molecule has 1 aromatic heterocycles. The van der Waals surface area contributed by atoms with Gasteiger partial charge in [-0.25, -0.2) is 4.79 Å². The van der Waals surface area contributed by atoms with Gasteiger partial charge in [-0.3, -0.25) is 14.5 Å². The number of carboxylic acid groups (broad SMARTS) is 1. The lowest BCUT2D eigenvalue weighted by Crippen LogP contribution is -2.71. The fourth-order valence-electron chi connectivity index (χ4n) is 3.77. The third kappa shape index (κ3) is 5.06. The Labute approximate surface area is 213 Å². The topological polar surface area (TPSA) is 111 Å². The van der Waals surface area contributed by atoms with Crippen LogP contribution in [0.1, 0.15) is 5.69 Å². The third-order valence-corrected chi connectivity index (χ3v) is 8.45. The normalized spacial score (nSPS) is 19.5. The summed E-state index contributed by atoms with van der Waals surface area (Å²) >= 11 is 14.7. The van der Waals surface area contributed by atoms with Crippen LogP contribution in [0.5, 0.6) is 0 Å². The minimum Gasteiger partial charge on any atom is -0.477 e. The number of aliphatic hydroxyl groups is 1. The largest absolute Gasteiger partial charge is 0.477 e. The molecular formula is C22H20Cl2N3O5S2+. The van der Waals surface area contributed by atoms with Gasteiger partial charge in [0, 0.05) is 33.4 Å². The van der Waals surface area contributed by atoms with Gasteiger partial charge in [-0.05, 0) is 18.2 Å². The van der Waals surface area contributed by atoms with Gasteiger partial charge in [-0.2, -0.15) is 4.57 Å². The van der Waals surface area contributed by atoms with Gasteiger partial charge < -0.3 is 15.5 Å². The van der Waals surface area contributed by atoms with Gasteiger partial charge in [0.15, 0.2) is 12.7 Å². The van der Waals surface area contributed by atoms with Crippen molar-refractivity contribution in [2.75, 3.05) is 11.5 Å². The van der Waals surface area contributed by atoms with Crippen LogP contribution >= 0.6 is 46.7 Å². The van der Waals surface area contributed by atoms with Gasteiger partial charge >= 0.3 is 5.97 Å². The van der Waals surface area contributed by atoms with Crippen molar-refractivity contribution >= 4 is 64.5 Å². The molecule has 1 saturated heterocycles. The van der Waals surface area contributed by atoms with Crippen LogP contribution in [0.25, 0.3) is 0 Å². The molecule has 4 rings (SSSR count). The first-order valence-electron chi connectivity index (χ1n) is 10.2. The maximum atomic E-state index is 12.8. The molecule has 178 valence electrons. The first kappa shape index (κ1) is 24.9. The lowest BCUT2D eigenvalue weighted by molar-refractivity contribution is -0.698. The number of benzene rings is 1. The quantitative estimate of drug-likeness (QED) is 0.267. The highest BCUT2D eigenvalue weighted by Gasteiger charge is 2.54. The molecule has 1 aromatic carbocycles. The molecule has 12 heteroatoms. The van der Waals surface area contributed by atoms with Gasteiger partial charge in [0.25, 0.3) is 5.91 Å². The van der Waals surface area contributed by atoms with Crippen molar-refractivity contribution in [3.8, 4) is 0 Å². The van der Waals surface area contributed by atoms with Crippen LogP contribution in [0.4, 0.5) is 0 Å². The number of rotatable bonds is 8. The SMILES string of the molecule is O=C(CSc1cc(Cl)ccc1Cl)N[C@@H]1C(=O)N2C(C(=O)O)=C(C[n+]3ccccc3CO)CS[C@H]12. The highest BCUT2D eigenvalue weighted by molar-refractivity contribution is 8.00. The molecule has 2 atom stereocenters. The van der Waals surface area contributed by atoms with Crippen LogP contribution in [0.3, 0.4) is 0 Å². The summed E-state index contributed by atoms with van der Waals surface area (Å²) in [4.78, 5) is 39.3. The number of nitrogens with one attached hydrogen (secondary N) is 1. The summed E-state index contributed by atoms with van der Waals surface area (Å²) in [6, 6.07) is 9.46.